The van der Waals surface area contributed by atoms with Crippen LogP contribution in [0.3, 0.4) is 0 Å². The van der Waals surface area contributed by atoms with E-state index in [1.165, 1.54) is 12.1 Å². The first kappa shape index (κ1) is 16.8. The molecular formula is C18H21NO4. The fourth-order valence-corrected chi connectivity index (χ4v) is 2.60. The number of aromatic hydroxyl groups is 2. The molecule has 5 nitrogen and oxygen atoms in total. The van der Waals surface area contributed by atoms with Gasteiger partial charge in [-0.15, -0.1) is 6.58 Å². The number of carbonyl (C=O) groups excluding carboxylic acids is 2. The van der Waals surface area contributed by atoms with Crippen LogP contribution >= 0.6 is 0 Å². The summed E-state index contributed by atoms with van der Waals surface area (Å²) >= 11 is 0. The van der Waals surface area contributed by atoms with E-state index in [0.717, 1.165) is 12.8 Å². The molecule has 122 valence electrons. The van der Waals surface area contributed by atoms with Crippen LogP contribution in [0.1, 0.15) is 54.9 Å². The van der Waals surface area contributed by atoms with Crippen molar-refractivity contribution in [3.8, 4) is 11.5 Å². The van der Waals surface area contributed by atoms with Crippen LogP contribution in [0.5, 0.6) is 11.5 Å². The molecule has 2 rings (SSSR count). The van der Waals surface area contributed by atoms with Crippen molar-refractivity contribution < 1.29 is 19.8 Å². The van der Waals surface area contributed by atoms with E-state index in [1.54, 1.807) is 6.08 Å². The number of benzene rings is 1. The van der Waals surface area contributed by atoms with Crippen molar-refractivity contribution in [2.75, 3.05) is 0 Å². The summed E-state index contributed by atoms with van der Waals surface area (Å²) in [5.41, 5.74) is 1.76. The highest BCUT2D eigenvalue weighted by Gasteiger charge is 2.31. The standard InChI is InChI=1S/C18H21NO4/c1-3-5-7-11-12-9-14(20)15(21)10-13(12)18(23)17(11)19-16(22)8-6-4-2/h3,9-10,20-21H,1,4-8H2,2H3,(H,19,22,23). The summed E-state index contributed by atoms with van der Waals surface area (Å²) in [4.78, 5) is 24.5. The second-order valence-corrected chi connectivity index (χ2v) is 5.55. The Morgan fingerprint density at radius 2 is 1.91 bits per heavy atom. The minimum Gasteiger partial charge on any atom is -0.504 e. The number of amides is 1. The topological polar surface area (TPSA) is 86.6 Å². The average Bonchev–Trinajstić information content (AvgIpc) is 2.76. The highest BCUT2D eigenvalue weighted by atomic mass is 16.3. The van der Waals surface area contributed by atoms with E-state index in [4.69, 9.17) is 0 Å². The normalized spacial score (nSPS) is 13.2. The SMILES string of the molecule is C=CCCC1=C(NC(=O)CCCC)C(=O)c2cc(O)c(O)cc21. The molecule has 1 aromatic rings. The van der Waals surface area contributed by atoms with Crippen molar-refractivity contribution in [2.24, 2.45) is 0 Å². The summed E-state index contributed by atoms with van der Waals surface area (Å²) in [6.07, 6.45) is 4.89. The maximum atomic E-state index is 12.6. The van der Waals surface area contributed by atoms with Crippen LogP contribution in [0.15, 0.2) is 30.5 Å². The number of ketones is 1. The van der Waals surface area contributed by atoms with Gasteiger partial charge in [0.15, 0.2) is 11.5 Å². The van der Waals surface area contributed by atoms with Crippen LogP contribution in [0.25, 0.3) is 5.57 Å². The molecule has 3 N–H and O–H groups in total. The highest BCUT2D eigenvalue weighted by molar-refractivity contribution is 6.22. The summed E-state index contributed by atoms with van der Waals surface area (Å²) in [6, 6.07) is 2.61. The van der Waals surface area contributed by atoms with Crippen LogP contribution in [-0.2, 0) is 4.79 Å². The Morgan fingerprint density at radius 1 is 1.26 bits per heavy atom. The molecule has 1 amide bonds. The van der Waals surface area contributed by atoms with Gasteiger partial charge in [-0.05, 0) is 42.5 Å². The summed E-state index contributed by atoms with van der Waals surface area (Å²) in [5, 5.41) is 22.0. The van der Waals surface area contributed by atoms with Gasteiger partial charge in [-0.25, -0.2) is 0 Å². The van der Waals surface area contributed by atoms with Gasteiger partial charge in [0.1, 0.15) is 0 Å². The zero-order valence-corrected chi connectivity index (χ0v) is 13.2. The van der Waals surface area contributed by atoms with Crippen LogP contribution in [0.2, 0.25) is 0 Å². The lowest BCUT2D eigenvalue weighted by Crippen LogP contribution is -2.26. The molecule has 1 aliphatic carbocycles. The Kier molecular flexibility index (Phi) is 5.21. The predicted molar refractivity (Wildman–Crippen MR) is 88.1 cm³/mol. The first-order chi connectivity index (χ1) is 11.0. The molecule has 0 saturated carbocycles. The molecule has 0 spiro atoms. The van der Waals surface area contributed by atoms with Gasteiger partial charge in [0.05, 0.1) is 5.70 Å². The monoisotopic (exact) mass is 315 g/mol. The largest absolute Gasteiger partial charge is 0.504 e. The molecule has 1 aromatic carbocycles. The van der Waals surface area contributed by atoms with E-state index < -0.39 is 0 Å². The van der Waals surface area contributed by atoms with Gasteiger partial charge >= 0.3 is 0 Å². The predicted octanol–water partition coefficient (Wildman–Crippen LogP) is 3.28. The Balaban J connectivity index is 2.38. The Bertz CT molecular complexity index is 689. The van der Waals surface area contributed by atoms with E-state index in [-0.39, 0.29) is 28.9 Å². The number of fused-ring (bicyclic) bond motifs is 1. The lowest BCUT2D eigenvalue weighted by atomic mass is 10.0. The molecule has 0 heterocycles. The second-order valence-electron chi connectivity index (χ2n) is 5.55. The molecule has 0 bridgehead atoms. The molecule has 0 aromatic heterocycles. The average molecular weight is 315 g/mol. The third kappa shape index (κ3) is 3.44. The summed E-state index contributed by atoms with van der Waals surface area (Å²) in [6.45, 7) is 5.66. The zero-order valence-electron chi connectivity index (χ0n) is 13.2. The summed E-state index contributed by atoms with van der Waals surface area (Å²) in [7, 11) is 0. The van der Waals surface area contributed by atoms with Crippen LogP contribution in [-0.4, -0.2) is 21.9 Å². The third-order valence-electron chi connectivity index (χ3n) is 3.83. The van der Waals surface area contributed by atoms with Crippen molar-refractivity contribution in [2.45, 2.75) is 39.0 Å². The Labute approximate surface area is 135 Å². The van der Waals surface area contributed by atoms with Gasteiger partial charge in [-0.3, -0.25) is 9.59 Å². The molecule has 0 atom stereocenters. The molecule has 23 heavy (non-hydrogen) atoms. The molecule has 0 radical (unpaired) electrons. The molecule has 1 aliphatic rings. The van der Waals surface area contributed by atoms with Gasteiger partial charge in [0.25, 0.3) is 0 Å². The molecule has 0 aliphatic heterocycles. The van der Waals surface area contributed by atoms with Gasteiger partial charge in [0.2, 0.25) is 11.7 Å². The number of phenolic OH excluding ortho intramolecular Hbond substituents is 2. The minimum atomic E-state index is -0.348. The highest BCUT2D eigenvalue weighted by Crippen LogP contribution is 2.40. The molecule has 0 unspecified atom stereocenters. The second kappa shape index (κ2) is 7.13. The zero-order chi connectivity index (χ0) is 17.0. The molecule has 0 fully saturated rings. The van der Waals surface area contributed by atoms with E-state index in [1.807, 2.05) is 6.92 Å². The Morgan fingerprint density at radius 3 is 2.52 bits per heavy atom. The number of hydrogen-bond acceptors (Lipinski definition) is 4. The Hall–Kier alpha value is -2.56. The fraction of sp³-hybridized carbons (Fsp3) is 0.333. The quantitative estimate of drug-likeness (QED) is 0.532. The van der Waals surface area contributed by atoms with E-state index in [0.29, 0.717) is 36.0 Å². The summed E-state index contributed by atoms with van der Waals surface area (Å²) in [5.74, 6) is -1.17. The van der Waals surface area contributed by atoms with Crippen molar-refractivity contribution in [1.29, 1.82) is 0 Å². The lowest BCUT2D eigenvalue weighted by molar-refractivity contribution is -0.120. The van der Waals surface area contributed by atoms with Gasteiger partial charge in [0, 0.05) is 12.0 Å². The number of rotatable bonds is 7. The van der Waals surface area contributed by atoms with Crippen LogP contribution in [0, 0.1) is 0 Å². The number of Topliss-reactive ketones (excluding diaryl/α,β-unsaturated/α-hetero) is 1. The number of carbonyl (C=O) groups is 2. The fourth-order valence-electron chi connectivity index (χ4n) is 2.60. The smallest absolute Gasteiger partial charge is 0.224 e. The summed E-state index contributed by atoms with van der Waals surface area (Å²) < 4.78 is 0. The van der Waals surface area contributed by atoms with E-state index in [9.17, 15) is 19.8 Å². The van der Waals surface area contributed by atoms with Crippen molar-refractivity contribution >= 4 is 17.3 Å². The van der Waals surface area contributed by atoms with Crippen molar-refractivity contribution in [1.82, 2.24) is 5.32 Å². The molecule has 0 saturated heterocycles. The van der Waals surface area contributed by atoms with E-state index >= 15 is 0 Å². The first-order valence-corrected chi connectivity index (χ1v) is 7.74. The number of hydrogen-bond donors (Lipinski definition) is 3. The van der Waals surface area contributed by atoms with Crippen molar-refractivity contribution in [3.63, 3.8) is 0 Å². The molecular weight excluding hydrogens is 294 g/mol. The maximum Gasteiger partial charge on any atom is 0.224 e. The maximum absolute atomic E-state index is 12.6. The van der Waals surface area contributed by atoms with E-state index in [2.05, 4.69) is 11.9 Å². The molecule has 5 heteroatoms. The number of allylic oxidation sites excluding steroid dienone is 3. The number of phenols is 2. The first-order valence-electron chi connectivity index (χ1n) is 7.74. The van der Waals surface area contributed by atoms with Gasteiger partial charge < -0.3 is 15.5 Å². The van der Waals surface area contributed by atoms with Gasteiger partial charge in [-0.2, -0.15) is 0 Å². The third-order valence-corrected chi connectivity index (χ3v) is 3.83. The number of unbranched alkanes of at least 4 members (excludes halogenated alkanes) is 1. The van der Waals surface area contributed by atoms with Crippen LogP contribution in [0.4, 0.5) is 0 Å². The van der Waals surface area contributed by atoms with Crippen LogP contribution < -0.4 is 5.32 Å². The lowest BCUT2D eigenvalue weighted by Gasteiger charge is -2.08. The van der Waals surface area contributed by atoms with Gasteiger partial charge in [-0.1, -0.05) is 19.4 Å². The number of nitrogens with one attached hydrogen (secondary N) is 1. The van der Waals surface area contributed by atoms with Crippen molar-refractivity contribution in [3.05, 3.63) is 41.6 Å². The minimum absolute atomic E-state index is 0.201.